The molecule has 1 atom stereocenters. The molecule has 0 saturated heterocycles. The first kappa shape index (κ1) is 9.00. The highest BCUT2D eigenvalue weighted by atomic mass is 16.5. The molecule has 0 aromatic heterocycles. The monoisotopic (exact) mass is 167 g/mol. The molecule has 3 heteroatoms. The van der Waals surface area contributed by atoms with Crippen molar-refractivity contribution < 1.29 is 9.53 Å². The SMILES string of the molecule is CCOC(=O)C1=CC(N)CC=C1. The lowest BCUT2D eigenvalue weighted by Crippen LogP contribution is -2.20. The van der Waals surface area contributed by atoms with Crippen molar-refractivity contribution in [3.8, 4) is 0 Å². The van der Waals surface area contributed by atoms with Gasteiger partial charge < -0.3 is 10.5 Å². The first-order valence-electron chi connectivity index (χ1n) is 4.05. The first-order chi connectivity index (χ1) is 5.74. The molecule has 0 fully saturated rings. The Balaban J connectivity index is 2.61. The molecule has 66 valence electrons. The van der Waals surface area contributed by atoms with Crippen LogP contribution in [0.25, 0.3) is 0 Å². The fourth-order valence-corrected chi connectivity index (χ4v) is 1.06. The van der Waals surface area contributed by atoms with Crippen LogP contribution in [-0.2, 0) is 9.53 Å². The molecular formula is C9H13NO2. The summed E-state index contributed by atoms with van der Waals surface area (Å²) in [6.07, 6.45) is 6.17. The lowest BCUT2D eigenvalue weighted by atomic mass is 10.0. The molecule has 0 aromatic rings. The van der Waals surface area contributed by atoms with Crippen LogP contribution in [0.3, 0.4) is 0 Å². The van der Waals surface area contributed by atoms with Crippen LogP contribution in [0, 0.1) is 0 Å². The molecule has 1 aliphatic rings. The number of hydrogen-bond donors (Lipinski definition) is 1. The largest absolute Gasteiger partial charge is 0.462 e. The van der Waals surface area contributed by atoms with Gasteiger partial charge in [0.2, 0.25) is 0 Å². The number of nitrogens with two attached hydrogens (primary N) is 1. The maximum atomic E-state index is 11.1. The van der Waals surface area contributed by atoms with E-state index in [1.807, 2.05) is 6.08 Å². The van der Waals surface area contributed by atoms with Crippen molar-refractivity contribution in [2.45, 2.75) is 19.4 Å². The molecular weight excluding hydrogens is 154 g/mol. The van der Waals surface area contributed by atoms with Gasteiger partial charge >= 0.3 is 5.97 Å². The molecule has 0 aromatic carbocycles. The van der Waals surface area contributed by atoms with Crippen molar-refractivity contribution in [2.75, 3.05) is 6.61 Å². The van der Waals surface area contributed by atoms with Crippen LogP contribution in [0.4, 0.5) is 0 Å². The van der Waals surface area contributed by atoms with E-state index in [9.17, 15) is 4.79 Å². The van der Waals surface area contributed by atoms with E-state index in [1.54, 1.807) is 19.1 Å². The van der Waals surface area contributed by atoms with Gasteiger partial charge in [-0.2, -0.15) is 0 Å². The third kappa shape index (κ3) is 2.20. The van der Waals surface area contributed by atoms with E-state index in [-0.39, 0.29) is 12.0 Å². The van der Waals surface area contributed by atoms with Gasteiger partial charge in [-0.3, -0.25) is 0 Å². The minimum atomic E-state index is -0.288. The summed E-state index contributed by atoms with van der Waals surface area (Å²) in [7, 11) is 0. The van der Waals surface area contributed by atoms with Crippen LogP contribution in [0.1, 0.15) is 13.3 Å². The number of carbonyl (C=O) groups is 1. The van der Waals surface area contributed by atoms with E-state index in [4.69, 9.17) is 10.5 Å². The van der Waals surface area contributed by atoms with Crippen molar-refractivity contribution in [3.05, 3.63) is 23.8 Å². The fraction of sp³-hybridized carbons (Fsp3) is 0.444. The van der Waals surface area contributed by atoms with Gasteiger partial charge in [0, 0.05) is 6.04 Å². The minimum absolute atomic E-state index is 0.0468. The van der Waals surface area contributed by atoms with Gasteiger partial charge in [-0.05, 0) is 13.3 Å². The first-order valence-corrected chi connectivity index (χ1v) is 4.05. The lowest BCUT2D eigenvalue weighted by molar-refractivity contribution is -0.138. The van der Waals surface area contributed by atoms with Gasteiger partial charge in [-0.1, -0.05) is 18.2 Å². The van der Waals surface area contributed by atoms with E-state index in [0.717, 1.165) is 6.42 Å². The van der Waals surface area contributed by atoms with Gasteiger partial charge in [0.15, 0.2) is 0 Å². The third-order valence-electron chi connectivity index (χ3n) is 1.61. The zero-order chi connectivity index (χ0) is 8.97. The number of esters is 1. The average molecular weight is 167 g/mol. The highest BCUT2D eigenvalue weighted by Crippen LogP contribution is 2.10. The topological polar surface area (TPSA) is 52.3 Å². The quantitative estimate of drug-likeness (QED) is 0.618. The molecule has 1 aliphatic carbocycles. The summed E-state index contributed by atoms with van der Waals surface area (Å²) in [5.41, 5.74) is 6.19. The zero-order valence-electron chi connectivity index (χ0n) is 7.12. The molecule has 1 rings (SSSR count). The molecule has 0 heterocycles. The lowest BCUT2D eigenvalue weighted by Gasteiger charge is -2.10. The second-order valence-corrected chi connectivity index (χ2v) is 2.64. The van der Waals surface area contributed by atoms with Crippen molar-refractivity contribution >= 4 is 5.97 Å². The summed E-state index contributed by atoms with van der Waals surface area (Å²) >= 11 is 0. The Morgan fingerprint density at radius 3 is 3.17 bits per heavy atom. The normalized spacial score (nSPS) is 21.8. The summed E-state index contributed by atoms with van der Waals surface area (Å²) in [5, 5.41) is 0. The van der Waals surface area contributed by atoms with Crippen LogP contribution in [0.15, 0.2) is 23.8 Å². The predicted molar refractivity (Wildman–Crippen MR) is 46.4 cm³/mol. The van der Waals surface area contributed by atoms with E-state index < -0.39 is 0 Å². The number of carbonyl (C=O) groups excluding carboxylic acids is 1. The molecule has 12 heavy (non-hydrogen) atoms. The van der Waals surface area contributed by atoms with E-state index in [2.05, 4.69) is 0 Å². The Morgan fingerprint density at radius 1 is 1.83 bits per heavy atom. The Labute approximate surface area is 71.9 Å². The second kappa shape index (κ2) is 4.07. The zero-order valence-corrected chi connectivity index (χ0v) is 7.12. The van der Waals surface area contributed by atoms with E-state index in [0.29, 0.717) is 12.2 Å². The molecule has 1 unspecified atom stereocenters. The van der Waals surface area contributed by atoms with Crippen LogP contribution in [0.2, 0.25) is 0 Å². The number of ether oxygens (including phenoxy) is 1. The molecule has 0 amide bonds. The molecule has 0 aliphatic heterocycles. The smallest absolute Gasteiger partial charge is 0.337 e. The Kier molecular flexibility index (Phi) is 3.05. The highest BCUT2D eigenvalue weighted by Gasteiger charge is 2.11. The number of rotatable bonds is 2. The average Bonchev–Trinajstić information content (AvgIpc) is 2.05. The van der Waals surface area contributed by atoms with Crippen LogP contribution < -0.4 is 5.73 Å². The Bertz CT molecular complexity index is 231. The van der Waals surface area contributed by atoms with Gasteiger partial charge in [0.1, 0.15) is 0 Å². The van der Waals surface area contributed by atoms with Gasteiger partial charge in [-0.15, -0.1) is 0 Å². The molecule has 2 N–H and O–H groups in total. The molecule has 0 radical (unpaired) electrons. The van der Waals surface area contributed by atoms with Crippen molar-refractivity contribution in [2.24, 2.45) is 5.73 Å². The maximum Gasteiger partial charge on any atom is 0.337 e. The van der Waals surface area contributed by atoms with E-state index in [1.165, 1.54) is 0 Å². The molecule has 0 bridgehead atoms. The summed E-state index contributed by atoms with van der Waals surface area (Å²) in [6, 6.07) is -0.0468. The Morgan fingerprint density at radius 2 is 2.58 bits per heavy atom. The third-order valence-corrected chi connectivity index (χ3v) is 1.61. The molecule has 3 nitrogen and oxygen atoms in total. The van der Waals surface area contributed by atoms with Gasteiger partial charge in [-0.25, -0.2) is 4.79 Å². The van der Waals surface area contributed by atoms with Crippen molar-refractivity contribution in [1.29, 1.82) is 0 Å². The highest BCUT2D eigenvalue weighted by molar-refractivity contribution is 5.91. The number of hydrogen-bond acceptors (Lipinski definition) is 3. The summed E-state index contributed by atoms with van der Waals surface area (Å²) in [4.78, 5) is 11.1. The van der Waals surface area contributed by atoms with Crippen LogP contribution in [0.5, 0.6) is 0 Å². The second-order valence-electron chi connectivity index (χ2n) is 2.64. The minimum Gasteiger partial charge on any atom is -0.462 e. The van der Waals surface area contributed by atoms with Crippen molar-refractivity contribution in [3.63, 3.8) is 0 Å². The standard InChI is InChI=1S/C9H13NO2/c1-2-12-9(11)7-4-3-5-8(10)6-7/h3-4,6,8H,2,5,10H2,1H3. The molecule has 0 spiro atoms. The summed E-state index contributed by atoms with van der Waals surface area (Å²) < 4.78 is 4.82. The van der Waals surface area contributed by atoms with Crippen LogP contribution in [-0.4, -0.2) is 18.6 Å². The van der Waals surface area contributed by atoms with Gasteiger partial charge in [0.05, 0.1) is 12.2 Å². The van der Waals surface area contributed by atoms with E-state index >= 15 is 0 Å². The maximum absolute atomic E-state index is 11.1. The fourth-order valence-electron chi connectivity index (χ4n) is 1.06. The van der Waals surface area contributed by atoms with Crippen molar-refractivity contribution in [1.82, 2.24) is 0 Å². The predicted octanol–water partition coefficient (Wildman–Crippen LogP) is 0.763. The summed E-state index contributed by atoms with van der Waals surface area (Å²) in [6.45, 7) is 2.18. The van der Waals surface area contributed by atoms with Gasteiger partial charge in [0.25, 0.3) is 0 Å². The Hall–Kier alpha value is -1.09. The summed E-state index contributed by atoms with van der Waals surface area (Å²) in [5.74, 6) is -0.288. The molecule has 0 saturated carbocycles. The van der Waals surface area contributed by atoms with Crippen LogP contribution >= 0.6 is 0 Å².